The number of carbonyl (C=O) groups is 2. The van der Waals surface area contributed by atoms with E-state index in [0.717, 1.165) is 32.4 Å². The third kappa shape index (κ3) is 6.06. The van der Waals surface area contributed by atoms with Crippen LogP contribution in [0.2, 0.25) is 0 Å². The second kappa shape index (κ2) is 9.80. The SMILES string of the molecule is CCCC[C@@H](CC)CNC(=O)[C@H]1CC(=O)N(CCCC)C1. The Bertz CT molecular complexity index is 331. The summed E-state index contributed by atoms with van der Waals surface area (Å²) < 4.78 is 0. The van der Waals surface area contributed by atoms with Crippen molar-refractivity contribution in [1.82, 2.24) is 10.2 Å². The summed E-state index contributed by atoms with van der Waals surface area (Å²) in [6.45, 7) is 8.66. The van der Waals surface area contributed by atoms with Gasteiger partial charge in [-0.15, -0.1) is 0 Å². The van der Waals surface area contributed by atoms with Gasteiger partial charge in [0.05, 0.1) is 5.92 Å². The number of unbranched alkanes of at least 4 members (excludes halogenated alkanes) is 2. The van der Waals surface area contributed by atoms with Crippen molar-refractivity contribution in [3.63, 3.8) is 0 Å². The average Bonchev–Trinajstić information content (AvgIpc) is 2.86. The minimum Gasteiger partial charge on any atom is -0.356 e. The maximum absolute atomic E-state index is 12.2. The Balaban J connectivity index is 2.33. The van der Waals surface area contributed by atoms with Gasteiger partial charge >= 0.3 is 0 Å². The molecule has 1 N–H and O–H groups in total. The first-order valence-corrected chi connectivity index (χ1v) is 8.67. The van der Waals surface area contributed by atoms with Gasteiger partial charge in [-0.3, -0.25) is 9.59 Å². The molecule has 122 valence electrons. The average molecular weight is 296 g/mol. The Kier molecular flexibility index (Phi) is 8.40. The monoisotopic (exact) mass is 296 g/mol. The highest BCUT2D eigenvalue weighted by molar-refractivity contribution is 5.89. The standard InChI is InChI=1S/C17H32N2O2/c1-4-7-9-14(6-3)12-18-17(21)15-11-16(20)19(13-15)10-8-5-2/h14-15H,4-13H2,1-3H3,(H,18,21)/t14-,15+/m1/s1. The largest absolute Gasteiger partial charge is 0.356 e. The van der Waals surface area contributed by atoms with Crippen LogP contribution in [0.4, 0.5) is 0 Å². The molecule has 0 saturated carbocycles. The second-order valence-corrected chi connectivity index (χ2v) is 6.26. The lowest BCUT2D eigenvalue weighted by molar-refractivity contribution is -0.129. The van der Waals surface area contributed by atoms with Crippen LogP contribution in [-0.2, 0) is 9.59 Å². The highest BCUT2D eigenvalue weighted by Gasteiger charge is 2.33. The molecule has 1 saturated heterocycles. The Morgan fingerprint density at radius 1 is 1.29 bits per heavy atom. The molecule has 0 aromatic carbocycles. The van der Waals surface area contributed by atoms with E-state index in [4.69, 9.17) is 0 Å². The summed E-state index contributed by atoms with van der Waals surface area (Å²) in [5, 5.41) is 3.06. The molecule has 0 unspecified atom stereocenters. The van der Waals surface area contributed by atoms with Gasteiger partial charge in [-0.2, -0.15) is 0 Å². The molecule has 0 aromatic heterocycles. The molecule has 0 spiro atoms. The fraction of sp³-hybridized carbons (Fsp3) is 0.882. The van der Waals surface area contributed by atoms with E-state index in [-0.39, 0.29) is 17.7 Å². The van der Waals surface area contributed by atoms with Gasteiger partial charge in [-0.25, -0.2) is 0 Å². The molecule has 4 heteroatoms. The minimum absolute atomic E-state index is 0.0669. The fourth-order valence-electron chi connectivity index (χ4n) is 2.85. The van der Waals surface area contributed by atoms with E-state index in [9.17, 15) is 9.59 Å². The van der Waals surface area contributed by atoms with Crippen LogP contribution in [-0.4, -0.2) is 36.3 Å². The van der Waals surface area contributed by atoms with Gasteiger partial charge in [0.2, 0.25) is 11.8 Å². The molecule has 21 heavy (non-hydrogen) atoms. The maximum Gasteiger partial charge on any atom is 0.225 e. The van der Waals surface area contributed by atoms with Crippen molar-refractivity contribution in [2.45, 2.75) is 65.7 Å². The van der Waals surface area contributed by atoms with Gasteiger partial charge in [-0.05, 0) is 18.8 Å². The van der Waals surface area contributed by atoms with Gasteiger partial charge in [-0.1, -0.05) is 46.5 Å². The van der Waals surface area contributed by atoms with Crippen LogP contribution in [0.15, 0.2) is 0 Å². The second-order valence-electron chi connectivity index (χ2n) is 6.26. The van der Waals surface area contributed by atoms with Crippen LogP contribution in [0.5, 0.6) is 0 Å². The molecule has 1 aliphatic rings. The summed E-state index contributed by atoms with van der Waals surface area (Å²) in [6, 6.07) is 0. The van der Waals surface area contributed by atoms with Gasteiger partial charge in [0.15, 0.2) is 0 Å². The van der Waals surface area contributed by atoms with Crippen molar-refractivity contribution in [3.8, 4) is 0 Å². The Hall–Kier alpha value is -1.06. The van der Waals surface area contributed by atoms with E-state index in [1.165, 1.54) is 19.3 Å². The molecule has 1 fully saturated rings. The molecule has 4 nitrogen and oxygen atoms in total. The lowest BCUT2D eigenvalue weighted by Crippen LogP contribution is -2.36. The number of hydrogen-bond donors (Lipinski definition) is 1. The Labute approximate surface area is 129 Å². The summed E-state index contributed by atoms with van der Waals surface area (Å²) in [7, 11) is 0. The molecule has 0 radical (unpaired) electrons. The highest BCUT2D eigenvalue weighted by atomic mass is 16.2. The molecule has 1 rings (SSSR count). The summed E-state index contributed by atoms with van der Waals surface area (Å²) in [6.07, 6.45) is 7.20. The number of rotatable bonds is 10. The summed E-state index contributed by atoms with van der Waals surface area (Å²) in [4.78, 5) is 25.9. The van der Waals surface area contributed by atoms with Crippen LogP contribution in [0.3, 0.4) is 0 Å². The molecule has 2 amide bonds. The summed E-state index contributed by atoms with van der Waals surface area (Å²) >= 11 is 0. The van der Waals surface area contributed by atoms with Crippen LogP contribution in [0, 0.1) is 11.8 Å². The van der Waals surface area contributed by atoms with E-state index < -0.39 is 0 Å². The molecule has 2 atom stereocenters. The fourth-order valence-corrected chi connectivity index (χ4v) is 2.85. The van der Waals surface area contributed by atoms with Crippen molar-refractivity contribution < 1.29 is 9.59 Å². The molecule has 0 bridgehead atoms. The van der Waals surface area contributed by atoms with Gasteiger partial charge < -0.3 is 10.2 Å². The molecule has 0 aliphatic carbocycles. The van der Waals surface area contributed by atoms with E-state index in [1.54, 1.807) is 0 Å². The topological polar surface area (TPSA) is 49.4 Å². The van der Waals surface area contributed by atoms with Crippen molar-refractivity contribution in [1.29, 1.82) is 0 Å². The predicted octanol–water partition coefficient (Wildman–Crippen LogP) is 2.97. The van der Waals surface area contributed by atoms with E-state index in [2.05, 4.69) is 26.1 Å². The zero-order valence-corrected chi connectivity index (χ0v) is 14.0. The minimum atomic E-state index is -0.141. The third-order valence-electron chi connectivity index (χ3n) is 4.48. The van der Waals surface area contributed by atoms with E-state index in [1.807, 2.05) is 4.90 Å². The highest BCUT2D eigenvalue weighted by Crippen LogP contribution is 2.19. The summed E-state index contributed by atoms with van der Waals surface area (Å²) in [5.74, 6) is 0.638. The van der Waals surface area contributed by atoms with Gasteiger partial charge in [0, 0.05) is 26.1 Å². The van der Waals surface area contributed by atoms with Crippen LogP contribution < -0.4 is 5.32 Å². The van der Waals surface area contributed by atoms with Crippen molar-refractivity contribution in [3.05, 3.63) is 0 Å². The van der Waals surface area contributed by atoms with Crippen molar-refractivity contribution >= 4 is 11.8 Å². The number of hydrogen-bond acceptors (Lipinski definition) is 2. The zero-order chi connectivity index (χ0) is 15.7. The lowest BCUT2D eigenvalue weighted by atomic mass is 9.99. The first-order valence-electron chi connectivity index (χ1n) is 8.67. The maximum atomic E-state index is 12.2. The van der Waals surface area contributed by atoms with Crippen LogP contribution in [0.1, 0.15) is 65.7 Å². The third-order valence-corrected chi connectivity index (χ3v) is 4.48. The van der Waals surface area contributed by atoms with Gasteiger partial charge in [0.25, 0.3) is 0 Å². The predicted molar refractivity (Wildman–Crippen MR) is 85.9 cm³/mol. The van der Waals surface area contributed by atoms with Crippen molar-refractivity contribution in [2.75, 3.05) is 19.6 Å². The number of likely N-dealkylation sites (tertiary alicyclic amines) is 1. The van der Waals surface area contributed by atoms with E-state index in [0.29, 0.717) is 18.9 Å². The lowest BCUT2D eigenvalue weighted by Gasteiger charge is -2.18. The normalized spacial score (nSPS) is 19.9. The number of nitrogens with zero attached hydrogens (tertiary/aromatic N) is 1. The molecule has 1 heterocycles. The number of nitrogens with one attached hydrogen (secondary N) is 1. The van der Waals surface area contributed by atoms with Crippen LogP contribution >= 0.6 is 0 Å². The van der Waals surface area contributed by atoms with E-state index >= 15 is 0 Å². The molecular formula is C17H32N2O2. The molecule has 1 aliphatic heterocycles. The first kappa shape index (κ1) is 18.0. The van der Waals surface area contributed by atoms with Crippen molar-refractivity contribution in [2.24, 2.45) is 11.8 Å². The number of carbonyl (C=O) groups excluding carboxylic acids is 2. The Morgan fingerprint density at radius 2 is 2.00 bits per heavy atom. The summed E-state index contributed by atoms with van der Waals surface area (Å²) in [5.41, 5.74) is 0. The molecular weight excluding hydrogens is 264 g/mol. The Morgan fingerprint density at radius 3 is 2.62 bits per heavy atom. The smallest absolute Gasteiger partial charge is 0.225 e. The van der Waals surface area contributed by atoms with Crippen LogP contribution in [0.25, 0.3) is 0 Å². The molecule has 0 aromatic rings. The zero-order valence-electron chi connectivity index (χ0n) is 14.0. The number of amides is 2. The quantitative estimate of drug-likeness (QED) is 0.674. The first-order chi connectivity index (χ1) is 10.1. The van der Waals surface area contributed by atoms with Gasteiger partial charge in [0.1, 0.15) is 0 Å².